The quantitative estimate of drug-likeness (QED) is 0.664. The lowest BCUT2D eigenvalue weighted by molar-refractivity contribution is -0.131. The lowest BCUT2D eigenvalue weighted by Gasteiger charge is -2.20. The van der Waals surface area contributed by atoms with Crippen LogP contribution in [-0.4, -0.2) is 30.1 Å². The molecule has 0 saturated carbocycles. The third-order valence-electron chi connectivity index (χ3n) is 2.15. The summed E-state index contributed by atoms with van der Waals surface area (Å²) in [5, 5.41) is 8.58. The van der Waals surface area contributed by atoms with Crippen molar-refractivity contribution in [3.8, 4) is 11.5 Å². The lowest BCUT2D eigenvalue weighted by atomic mass is 10.1. The minimum absolute atomic E-state index is 0.0200. The molecule has 1 aliphatic rings. The number of Topliss-reactive ketones (excluding diaryl/α,β-unsaturated/α-hetero) is 1. The number of ether oxygens (including phenoxy) is 2. The van der Waals surface area contributed by atoms with Crippen LogP contribution in [0.2, 0.25) is 0 Å². The summed E-state index contributed by atoms with van der Waals surface area (Å²) in [7, 11) is 0. The fraction of sp³-hybridized carbons (Fsp3) is 0.200. The van der Waals surface area contributed by atoms with Crippen molar-refractivity contribution in [2.75, 3.05) is 13.2 Å². The molecule has 90 valence electrons. The average molecular weight is 305 g/mol. The molecule has 1 aromatic carbocycles. The highest BCUT2D eigenvalue weighted by atomic mass is 79.9. The van der Waals surface area contributed by atoms with Gasteiger partial charge in [0.05, 0.1) is 5.56 Å². The van der Waals surface area contributed by atoms with E-state index in [9.17, 15) is 14.0 Å². The smallest absolute Gasteiger partial charge is 0.377 e. The van der Waals surface area contributed by atoms with E-state index in [1.165, 1.54) is 6.07 Å². The normalized spacial score (nSPS) is 13.3. The van der Waals surface area contributed by atoms with Gasteiger partial charge in [0.2, 0.25) is 0 Å². The minimum atomic E-state index is -1.73. The van der Waals surface area contributed by atoms with Gasteiger partial charge in [-0.05, 0) is 22.0 Å². The van der Waals surface area contributed by atoms with Gasteiger partial charge in [0.1, 0.15) is 13.2 Å². The van der Waals surface area contributed by atoms with Gasteiger partial charge in [0.15, 0.2) is 17.3 Å². The maximum Gasteiger partial charge on any atom is 0.377 e. The Balaban J connectivity index is 2.61. The van der Waals surface area contributed by atoms with Gasteiger partial charge in [-0.2, -0.15) is 0 Å². The Hall–Kier alpha value is -1.63. The number of fused-ring (bicyclic) bond motifs is 1. The molecule has 0 amide bonds. The number of carboxylic acid groups (broad SMARTS) is 1. The van der Waals surface area contributed by atoms with Crippen LogP contribution in [0.4, 0.5) is 4.39 Å². The lowest BCUT2D eigenvalue weighted by Crippen LogP contribution is -2.20. The van der Waals surface area contributed by atoms with Crippen LogP contribution in [0.3, 0.4) is 0 Å². The minimum Gasteiger partial charge on any atom is -0.486 e. The van der Waals surface area contributed by atoms with Crippen LogP contribution in [0.1, 0.15) is 10.4 Å². The third-order valence-corrected chi connectivity index (χ3v) is 2.77. The van der Waals surface area contributed by atoms with Crippen molar-refractivity contribution in [1.29, 1.82) is 0 Å². The van der Waals surface area contributed by atoms with Crippen molar-refractivity contribution in [1.82, 2.24) is 0 Å². The summed E-state index contributed by atoms with van der Waals surface area (Å²) in [6.07, 6.45) is 0. The molecule has 1 N–H and O–H groups in total. The molecule has 1 aliphatic heterocycles. The Morgan fingerprint density at radius 2 is 2.00 bits per heavy atom. The molecule has 0 saturated heterocycles. The molecule has 0 aliphatic carbocycles. The van der Waals surface area contributed by atoms with Crippen molar-refractivity contribution < 1.29 is 28.6 Å². The van der Waals surface area contributed by atoms with E-state index in [-0.39, 0.29) is 29.2 Å². The van der Waals surface area contributed by atoms with Crippen molar-refractivity contribution in [2.45, 2.75) is 0 Å². The van der Waals surface area contributed by atoms with Crippen LogP contribution in [0.5, 0.6) is 11.5 Å². The molecule has 17 heavy (non-hydrogen) atoms. The molecular weight excluding hydrogens is 299 g/mol. The van der Waals surface area contributed by atoms with E-state index < -0.39 is 23.1 Å². The number of carbonyl (C=O) groups is 2. The SMILES string of the molecule is O=C(O)C(=O)c1c(Br)cc2c(c1F)OCCO2. The molecule has 5 nitrogen and oxygen atoms in total. The first-order chi connectivity index (χ1) is 8.02. The second-order valence-corrected chi connectivity index (χ2v) is 4.06. The second kappa shape index (κ2) is 4.33. The highest BCUT2D eigenvalue weighted by molar-refractivity contribution is 9.10. The molecule has 7 heteroatoms. The zero-order valence-corrected chi connectivity index (χ0v) is 9.91. The van der Waals surface area contributed by atoms with Gasteiger partial charge in [-0.15, -0.1) is 0 Å². The number of carbonyl (C=O) groups excluding carboxylic acids is 1. The number of benzene rings is 1. The fourth-order valence-corrected chi connectivity index (χ4v) is 1.99. The molecule has 2 rings (SSSR count). The van der Waals surface area contributed by atoms with E-state index >= 15 is 0 Å². The topological polar surface area (TPSA) is 72.8 Å². The maximum absolute atomic E-state index is 13.9. The summed E-state index contributed by atoms with van der Waals surface area (Å²) in [5.41, 5.74) is -0.568. The number of halogens is 2. The Bertz CT molecular complexity index is 514. The van der Waals surface area contributed by atoms with E-state index in [0.717, 1.165) is 0 Å². The largest absolute Gasteiger partial charge is 0.486 e. The first-order valence-corrected chi connectivity index (χ1v) is 5.37. The Labute approximate surface area is 103 Å². The van der Waals surface area contributed by atoms with Crippen molar-refractivity contribution in [2.24, 2.45) is 0 Å². The first-order valence-electron chi connectivity index (χ1n) is 4.57. The number of hydrogen-bond donors (Lipinski definition) is 1. The van der Waals surface area contributed by atoms with Crippen LogP contribution in [0, 0.1) is 5.82 Å². The zero-order chi connectivity index (χ0) is 12.6. The van der Waals surface area contributed by atoms with E-state index in [1.54, 1.807) is 0 Å². The standard InChI is InChI=1S/C10H6BrFO5/c11-4-3-5-9(17-2-1-16-5)7(12)6(4)8(13)10(14)15/h3H,1-2H2,(H,14,15). The summed E-state index contributed by atoms with van der Waals surface area (Å²) < 4.78 is 24.1. The Morgan fingerprint density at radius 3 is 2.65 bits per heavy atom. The van der Waals surface area contributed by atoms with Gasteiger partial charge >= 0.3 is 5.97 Å². The number of carboxylic acids is 1. The molecule has 0 bridgehead atoms. The van der Waals surface area contributed by atoms with Gasteiger partial charge in [-0.1, -0.05) is 0 Å². The van der Waals surface area contributed by atoms with Gasteiger partial charge in [-0.3, -0.25) is 4.79 Å². The van der Waals surface area contributed by atoms with Crippen LogP contribution in [0.15, 0.2) is 10.5 Å². The highest BCUT2D eigenvalue weighted by Crippen LogP contribution is 2.39. The van der Waals surface area contributed by atoms with Gasteiger partial charge in [-0.25, -0.2) is 9.18 Å². The van der Waals surface area contributed by atoms with E-state index in [1.807, 2.05) is 0 Å². The fourth-order valence-electron chi connectivity index (χ4n) is 1.43. The summed E-state index contributed by atoms with van der Waals surface area (Å²) in [5.74, 6) is -4.19. The Morgan fingerprint density at radius 1 is 1.35 bits per heavy atom. The monoisotopic (exact) mass is 304 g/mol. The molecule has 0 spiro atoms. The molecular formula is C10H6BrFO5. The average Bonchev–Trinajstić information content (AvgIpc) is 2.28. The van der Waals surface area contributed by atoms with E-state index in [4.69, 9.17) is 14.6 Å². The summed E-state index contributed by atoms with van der Waals surface area (Å²) in [4.78, 5) is 21.9. The number of ketones is 1. The molecule has 0 atom stereocenters. The van der Waals surface area contributed by atoms with Crippen LogP contribution < -0.4 is 9.47 Å². The first kappa shape index (κ1) is 11.8. The Kier molecular flexibility index (Phi) is 3.01. The predicted octanol–water partition coefficient (Wildman–Crippen LogP) is 1.63. The molecule has 0 radical (unpaired) electrons. The molecule has 0 fully saturated rings. The van der Waals surface area contributed by atoms with Gasteiger partial charge < -0.3 is 14.6 Å². The van der Waals surface area contributed by atoms with Crippen LogP contribution in [-0.2, 0) is 4.79 Å². The summed E-state index contributed by atoms with van der Waals surface area (Å²) in [6, 6.07) is 1.31. The van der Waals surface area contributed by atoms with E-state index in [2.05, 4.69) is 15.9 Å². The molecule has 1 aromatic rings. The zero-order valence-electron chi connectivity index (χ0n) is 8.33. The summed E-state index contributed by atoms with van der Waals surface area (Å²) in [6.45, 7) is 0.414. The number of hydrogen-bond acceptors (Lipinski definition) is 4. The molecule has 0 aromatic heterocycles. The summed E-state index contributed by atoms with van der Waals surface area (Å²) >= 11 is 2.94. The number of rotatable bonds is 2. The number of aliphatic carboxylic acids is 1. The van der Waals surface area contributed by atoms with Crippen molar-refractivity contribution in [3.63, 3.8) is 0 Å². The van der Waals surface area contributed by atoms with E-state index in [0.29, 0.717) is 0 Å². The predicted molar refractivity (Wildman–Crippen MR) is 57.1 cm³/mol. The second-order valence-electron chi connectivity index (χ2n) is 3.21. The van der Waals surface area contributed by atoms with Gasteiger partial charge in [0.25, 0.3) is 5.78 Å². The van der Waals surface area contributed by atoms with Crippen LogP contribution in [0.25, 0.3) is 0 Å². The van der Waals surface area contributed by atoms with Crippen LogP contribution >= 0.6 is 15.9 Å². The third kappa shape index (κ3) is 1.97. The maximum atomic E-state index is 13.9. The molecule has 1 heterocycles. The van der Waals surface area contributed by atoms with Crippen molar-refractivity contribution >= 4 is 27.7 Å². The van der Waals surface area contributed by atoms with Crippen molar-refractivity contribution in [3.05, 3.63) is 21.9 Å². The molecule has 0 unspecified atom stereocenters. The van der Waals surface area contributed by atoms with Gasteiger partial charge in [0, 0.05) is 4.47 Å². The highest BCUT2D eigenvalue weighted by Gasteiger charge is 2.29.